The minimum absolute atomic E-state index is 0.246. The van der Waals surface area contributed by atoms with Crippen molar-refractivity contribution >= 4 is 6.29 Å². The molecule has 16 heavy (non-hydrogen) atoms. The maximum Gasteiger partial charge on any atom is 0.130 e. The van der Waals surface area contributed by atoms with Gasteiger partial charge < -0.3 is 4.79 Å². The quantitative estimate of drug-likeness (QED) is 0.558. The summed E-state index contributed by atoms with van der Waals surface area (Å²) in [5.74, 6) is -0.246. The number of allylic oxidation sites excluding steroid dienone is 1. The molecule has 0 unspecified atom stereocenters. The summed E-state index contributed by atoms with van der Waals surface area (Å²) in [6.45, 7) is 3.63. The maximum atomic E-state index is 12.7. The van der Waals surface area contributed by atoms with Crippen LogP contribution in [-0.4, -0.2) is 6.29 Å². The predicted octanol–water partition coefficient (Wildman–Crippen LogP) is 3.06. The third-order valence-corrected chi connectivity index (χ3v) is 3.12. The first-order valence-corrected chi connectivity index (χ1v) is 5.30. The number of aldehydes is 1. The molecule has 0 bridgehead atoms. The van der Waals surface area contributed by atoms with Crippen LogP contribution in [0.3, 0.4) is 0 Å². The van der Waals surface area contributed by atoms with Crippen molar-refractivity contribution in [3.8, 4) is 0 Å². The third kappa shape index (κ3) is 1.98. The van der Waals surface area contributed by atoms with Gasteiger partial charge in [0, 0.05) is 6.42 Å². The zero-order chi connectivity index (χ0) is 11.6. The molecular formula is C14H13FO. The average molecular weight is 216 g/mol. The highest BCUT2D eigenvalue weighted by molar-refractivity contribution is 5.69. The number of benzene rings is 1. The van der Waals surface area contributed by atoms with E-state index in [-0.39, 0.29) is 11.2 Å². The summed E-state index contributed by atoms with van der Waals surface area (Å²) in [4.78, 5) is 11.0. The van der Waals surface area contributed by atoms with Crippen LogP contribution >= 0.6 is 0 Å². The number of carbonyl (C=O) groups is 1. The van der Waals surface area contributed by atoms with Crippen molar-refractivity contribution in [2.75, 3.05) is 0 Å². The molecular weight excluding hydrogens is 203 g/mol. The Balaban J connectivity index is 2.17. The minimum Gasteiger partial charge on any atom is -0.302 e. The van der Waals surface area contributed by atoms with Crippen molar-refractivity contribution in [3.63, 3.8) is 0 Å². The van der Waals surface area contributed by atoms with E-state index in [2.05, 4.69) is 12.3 Å². The molecule has 0 saturated heterocycles. The predicted molar refractivity (Wildman–Crippen MR) is 60.5 cm³/mol. The summed E-state index contributed by atoms with van der Waals surface area (Å²) in [7, 11) is 0. The van der Waals surface area contributed by atoms with Crippen LogP contribution in [0.1, 0.15) is 18.4 Å². The van der Waals surface area contributed by atoms with E-state index >= 15 is 0 Å². The standard InChI is InChI=1S/C14H13FO/c1-2-12(14(10-16)7-8-14)9-11-3-5-13(15)6-4-11/h3-6,10H,1,7-9H2. The molecule has 0 heterocycles. The molecule has 2 rings (SSSR count). The van der Waals surface area contributed by atoms with E-state index in [0.717, 1.165) is 30.3 Å². The summed E-state index contributed by atoms with van der Waals surface area (Å²) >= 11 is 0. The third-order valence-electron chi connectivity index (χ3n) is 3.12. The van der Waals surface area contributed by atoms with Gasteiger partial charge in [0.25, 0.3) is 0 Å². The molecule has 0 spiro atoms. The first-order chi connectivity index (χ1) is 7.70. The van der Waals surface area contributed by atoms with Crippen LogP contribution in [-0.2, 0) is 11.2 Å². The van der Waals surface area contributed by atoms with E-state index in [1.807, 2.05) is 0 Å². The lowest BCUT2D eigenvalue weighted by Crippen LogP contribution is -2.08. The fraction of sp³-hybridized carbons (Fsp3) is 0.286. The second kappa shape index (κ2) is 4.07. The summed E-state index contributed by atoms with van der Waals surface area (Å²) < 4.78 is 12.7. The molecule has 82 valence electrons. The first-order valence-electron chi connectivity index (χ1n) is 5.30. The van der Waals surface area contributed by atoms with Gasteiger partial charge in [-0.3, -0.25) is 0 Å². The van der Waals surface area contributed by atoms with Gasteiger partial charge in [0.1, 0.15) is 12.1 Å². The SMILES string of the molecule is C=C=C(Cc1ccc(F)cc1)C1(C=O)CC1. The molecule has 0 amide bonds. The van der Waals surface area contributed by atoms with E-state index in [1.165, 1.54) is 12.1 Å². The Morgan fingerprint density at radius 2 is 2.06 bits per heavy atom. The van der Waals surface area contributed by atoms with Crippen molar-refractivity contribution < 1.29 is 9.18 Å². The van der Waals surface area contributed by atoms with E-state index < -0.39 is 0 Å². The number of halogens is 1. The van der Waals surface area contributed by atoms with Gasteiger partial charge in [0.15, 0.2) is 0 Å². The lowest BCUT2D eigenvalue weighted by molar-refractivity contribution is -0.111. The van der Waals surface area contributed by atoms with Crippen LogP contribution < -0.4 is 0 Å². The van der Waals surface area contributed by atoms with Crippen LogP contribution in [0.4, 0.5) is 4.39 Å². The Morgan fingerprint density at radius 3 is 2.50 bits per heavy atom. The van der Waals surface area contributed by atoms with Crippen LogP contribution in [0.5, 0.6) is 0 Å². The first kappa shape index (κ1) is 10.8. The molecule has 0 atom stereocenters. The van der Waals surface area contributed by atoms with Gasteiger partial charge in [-0.15, -0.1) is 5.73 Å². The molecule has 1 fully saturated rings. The highest BCUT2D eigenvalue weighted by Gasteiger charge is 2.45. The molecule has 1 aliphatic carbocycles. The number of hydrogen-bond donors (Lipinski definition) is 0. The van der Waals surface area contributed by atoms with Crippen LogP contribution in [0, 0.1) is 11.2 Å². The Bertz CT molecular complexity index is 448. The van der Waals surface area contributed by atoms with E-state index in [1.54, 1.807) is 12.1 Å². The summed E-state index contributed by atoms with van der Waals surface area (Å²) in [6, 6.07) is 6.31. The molecule has 0 radical (unpaired) electrons. The van der Waals surface area contributed by atoms with Gasteiger partial charge in [-0.1, -0.05) is 18.7 Å². The molecule has 2 heteroatoms. The van der Waals surface area contributed by atoms with E-state index in [9.17, 15) is 9.18 Å². The van der Waals surface area contributed by atoms with Gasteiger partial charge in [0.05, 0.1) is 5.41 Å². The van der Waals surface area contributed by atoms with Crippen LogP contribution in [0.25, 0.3) is 0 Å². The van der Waals surface area contributed by atoms with Gasteiger partial charge in [-0.2, -0.15) is 0 Å². The zero-order valence-electron chi connectivity index (χ0n) is 9.00. The second-order valence-corrected chi connectivity index (χ2v) is 4.23. The van der Waals surface area contributed by atoms with Crippen LogP contribution in [0.2, 0.25) is 0 Å². The smallest absolute Gasteiger partial charge is 0.130 e. The van der Waals surface area contributed by atoms with Crippen molar-refractivity contribution in [1.29, 1.82) is 0 Å². The van der Waals surface area contributed by atoms with E-state index in [4.69, 9.17) is 0 Å². The fourth-order valence-corrected chi connectivity index (χ4v) is 1.85. The normalized spacial score (nSPS) is 16.3. The average Bonchev–Trinajstić information content (AvgIpc) is 3.09. The van der Waals surface area contributed by atoms with Crippen LogP contribution in [0.15, 0.2) is 42.1 Å². The van der Waals surface area contributed by atoms with Gasteiger partial charge in [-0.25, -0.2) is 4.39 Å². The molecule has 0 N–H and O–H groups in total. The Hall–Kier alpha value is -1.66. The van der Waals surface area contributed by atoms with Gasteiger partial charge in [-0.05, 0) is 36.1 Å². The Morgan fingerprint density at radius 1 is 1.44 bits per heavy atom. The summed E-state index contributed by atoms with van der Waals surface area (Å²) in [5.41, 5.74) is 4.45. The second-order valence-electron chi connectivity index (χ2n) is 4.23. The molecule has 1 aromatic rings. The summed E-state index contributed by atoms with van der Waals surface area (Å²) in [5, 5.41) is 0. The van der Waals surface area contributed by atoms with E-state index in [0.29, 0.717) is 6.42 Å². The summed E-state index contributed by atoms with van der Waals surface area (Å²) in [6.07, 6.45) is 3.39. The lowest BCUT2D eigenvalue weighted by Gasteiger charge is -2.10. The lowest BCUT2D eigenvalue weighted by atomic mass is 9.92. The van der Waals surface area contributed by atoms with Gasteiger partial charge >= 0.3 is 0 Å². The highest BCUT2D eigenvalue weighted by atomic mass is 19.1. The minimum atomic E-state index is -0.323. The van der Waals surface area contributed by atoms with Crippen molar-refractivity contribution in [1.82, 2.24) is 0 Å². The number of rotatable bonds is 4. The highest BCUT2D eigenvalue weighted by Crippen LogP contribution is 2.50. The monoisotopic (exact) mass is 216 g/mol. The van der Waals surface area contributed by atoms with Crippen molar-refractivity contribution in [3.05, 3.63) is 53.5 Å². The zero-order valence-corrected chi connectivity index (χ0v) is 9.00. The topological polar surface area (TPSA) is 17.1 Å². The maximum absolute atomic E-state index is 12.7. The molecule has 1 aliphatic rings. The molecule has 0 aliphatic heterocycles. The number of hydrogen-bond acceptors (Lipinski definition) is 1. The molecule has 1 saturated carbocycles. The molecule has 1 aromatic carbocycles. The molecule has 1 nitrogen and oxygen atoms in total. The Labute approximate surface area is 94.3 Å². The van der Waals surface area contributed by atoms with Gasteiger partial charge in [0.2, 0.25) is 0 Å². The fourth-order valence-electron chi connectivity index (χ4n) is 1.85. The van der Waals surface area contributed by atoms with Crippen molar-refractivity contribution in [2.45, 2.75) is 19.3 Å². The molecule has 0 aromatic heterocycles. The Kier molecular flexibility index (Phi) is 2.76. The largest absolute Gasteiger partial charge is 0.302 e. The van der Waals surface area contributed by atoms with Crippen molar-refractivity contribution in [2.24, 2.45) is 5.41 Å². The number of carbonyl (C=O) groups excluding carboxylic acids is 1.